The minimum atomic E-state index is -4.75. The highest BCUT2D eigenvalue weighted by atomic mass is 19.4. The molecule has 1 aromatic carbocycles. The predicted molar refractivity (Wildman–Crippen MR) is 81.9 cm³/mol. The van der Waals surface area contributed by atoms with Crippen molar-refractivity contribution in [1.82, 2.24) is 10.5 Å². The molecule has 1 aliphatic rings. The molecular formula is C17H17F3N2O3. The average Bonchev–Trinajstić information content (AvgIpc) is 3.22. The molecule has 0 atom stereocenters. The summed E-state index contributed by atoms with van der Waals surface area (Å²) in [5, 5.41) is 6.73. The number of hydrogen-bond donors (Lipinski definition) is 1. The molecule has 5 nitrogen and oxygen atoms in total. The Bertz CT molecular complexity index is 775. The lowest BCUT2D eigenvalue weighted by molar-refractivity contribution is -0.274. The molecule has 1 N–H and O–H groups in total. The fourth-order valence-electron chi connectivity index (χ4n) is 2.83. The summed E-state index contributed by atoms with van der Waals surface area (Å²) < 4.78 is 46.1. The molecule has 25 heavy (non-hydrogen) atoms. The predicted octanol–water partition coefficient (Wildman–Crippen LogP) is 3.54. The van der Waals surface area contributed by atoms with E-state index in [9.17, 15) is 18.0 Å². The molecule has 1 fully saturated rings. The molecule has 2 aromatic rings. The van der Waals surface area contributed by atoms with Crippen LogP contribution in [0, 0.1) is 13.8 Å². The molecule has 1 amide bonds. The summed E-state index contributed by atoms with van der Waals surface area (Å²) in [6.45, 7) is 3.48. The van der Waals surface area contributed by atoms with Crippen LogP contribution in [-0.4, -0.2) is 17.4 Å². The number of alkyl halides is 3. The highest BCUT2D eigenvalue weighted by Gasteiger charge is 2.46. The maximum Gasteiger partial charge on any atom is 0.573 e. The van der Waals surface area contributed by atoms with Gasteiger partial charge >= 0.3 is 6.36 Å². The number of halogens is 3. The van der Waals surface area contributed by atoms with Crippen molar-refractivity contribution >= 4 is 5.91 Å². The number of aryl methyl sites for hydroxylation is 2. The maximum atomic E-state index is 12.4. The zero-order valence-corrected chi connectivity index (χ0v) is 13.7. The van der Waals surface area contributed by atoms with Crippen molar-refractivity contribution < 1.29 is 27.2 Å². The molecule has 1 heterocycles. The second-order valence-electron chi connectivity index (χ2n) is 6.19. The van der Waals surface area contributed by atoms with Crippen LogP contribution in [0.4, 0.5) is 13.2 Å². The zero-order valence-electron chi connectivity index (χ0n) is 13.7. The third-order valence-electron chi connectivity index (χ3n) is 4.27. The van der Waals surface area contributed by atoms with Crippen LogP contribution in [0.5, 0.6) is 5.75 Å². The summed E-state index contributed by atoms with van der Waals surface area (Å²) in [4.78, 5) is 12.4. The van der Waals surface area contributed by atoms with E-state index >= 15 is 0 Å². The highest BCUT2D eigenvalue weighted by Crippen LogP contribution is 2.46. The second kappa shape index (κ2) is 6.09. The Balaban J connectivity index is 1.72. The summed E-state index contributed by atoms with van der Waals surface area (Å²) in [6.07, 6.45) is -3.31. The standard InChI is InChI=1S/C17H17F3N2O3/c1-10-14(11(2)25-22-10)9-15(23)21-16(6-7-16)12-4-3-5-13(8-12)24-17(18,19)20/h3-5,8H,6-7,9H2,1-2H3,(H,21,23). The molecule has 1 aliphatic carbocycles. The lowest BCUT2D eigenvalue weighted by Gasteiger charge is -2.19. The van der Waals surface area contributed by atoms with Gasteiger partial charge in [-0.3, -0.25) is 4.79 Å². The molecule has 134 valence electrons. The molecule has 0 aliphatic heterocycles. The Morgan fingerprint density at radius 1 is 1.36 bits per heavy atom. The number of nitrogens with zero attached hydrogens (tertiary/aromatic N) is 1. The van der Waals surface area contributed by atoms with Gasteiger partial charge in [-0.15, -0.1) is 13.2 Å². The fraction of sp³-hybridized carbons (Fsp3) is 0.412. The summed E-state index contributed by atoms with van der Waals surface area (Å²) in [5.41, 5.74) is 1.34. The van der Waals surface area contributed by atoms with E-state index in [0.29, 0.717) is 29.9 Å². The lowest BCUT2D eigenvalue weighted by Crippen LogP contribution is -2.36. The van der Waals surface area contributed by atoms with E-state index < -0.39 is 11.9 Å². The molecule has 0 unspecified atom stereocenters. The van der Waals surface area contributed by atoms with Crippen LogP contribution in [0.3, 0.4) is 0 Å². The summed E-state index contributed by atoms with van der Waals surface area (Å²) in [6, 6.07) is 5.72. The number of rotatable bonds is 5. The van der Waals surface area contributed by atoms with Gasteiger partial charge in [0.15, 0.2) is 0 Å². The number of benzene rings is 1. The van der Waals surface area contributed by atoms with Crippen molar-refractivity contribution in [2.75, 3.05) is 0 Å². The first kappa shape index (κ1) is 17.3. The van der Waals surface area contributed by atoms with Gasteiger partial charge in [-0.05, 0) is 44.4 Å². The third kappa shape index (κ3) is 3.94. The van der Waals surface area contributed by atoms with E-state index in [0.717, 1.165) is 5.56 Å². The van der Waals surface area contributed by atoms with Crippen molar-refractivity contribution in [2.24, 2.45) is 0 Å². The van der Waals surface area contributed by atoms with E-state index in [1.807, 2.05) is 0 Å². The van der Waals surface area contributed by atoms with Gasteiger partial charge < -0.3 is 14.6 Å². The SMILES string of the molecule is Cc1noc(C)c1CC(=O)NC1(c2cccc(OC(F)(F)F)c2)CC1. The number of amides is 1. The summed E-state index contributed by atoms with van der Waals surface area (Å²) in [5.74, 6) is 0.0587. The van der Waals surface area contributed by atoms with E-state index in [4.69, 9.17) is 4.52 Å². The van der Waals surface area contributed by atoms with Gasteiger partial charge in [0.05, 0.1) is 17.7 Å². The Hall–Kier alpha value is -2.51. The Morgan fingerprint density at radius 2 is 2.08 bits per heavy atom. The van der Waals surface area contributed by atoms with Gasteiger partial charge in [0, 0.05) is 5.56 Å². The van der Waals surface area contributed by atoms with Crippen LogP contribution >= 0.6 is 0 Å². The van der Waals surface area contributed by atoms with Gasteiger partial charge in [0.25, 0.3) is 0 Å². The summed E-state index contributed by atoms with van der Waals surface area (Å²) >= 11 is 0. The van der Waals surface area contributed by atoms with Gasteiger partial charge in [0.2, 0.25) is 5.91 Å². The Labute approximate surface area is 142 Å². The number of aromatic nitrogens is 1. The van der Waals surface area contributed by atoms with Crippen LogP contribution in [0.1, 0.15) is 35.4 Å². The van der Waals surface area contributed by atoms with Crippen LogP contribution in [0.2, 0.25) is 0 Å². The number of nitrogens with one attached hydrogen (secondary N) is 1. The molecule has 3 rings (SSSR count). The first-order valence-corrected chi connectivity index (χ1v) is 7.78. The van der Waals surface area contributed by atoms with Crippen LogP contribution in [0.25, 0.3) is 0 Å². The van der Waals surface area contributed by atoms with Crippen molar-refractivity contribution in [3.63, 3.8) is 0 Å². The van der Waals surface area contributed by atoms with Crippen LogP contribution in [-0.2, 0) is 16.8 Å². The van der Waals surface area contributed by atoms with E-state index in [1.54, 1.807) is 19.9 Å². The molecule has 0 spiro atoms. The molecule has 1 aromatic heterocycles. The number of hydrogen-bond acceptors (Lipinski definition) is 4. The Kier molecular flexibility index (Phi) is 4.22. The Morgan fingerprint density at radius 3 is 2.64 bits per heavy atom. The van der Waals surface area contributed by atoms with Gasteiger partial charge in [-0.1, -0.05) is 17.3 Å². The van der Waals surface area contributed by atoms with Crippen LogP contribution < -0.4 is 10.1 Å². The maximum absolute atomic E-state index is 12.4. The van der Waals surface area contributed by atoms with Gasteiger partial charge in [-0.2, -0.15) is 0 Å². The number of ether oxygens (including phenoxy) is 1. The van der Waals surface area contributed by atoms with Gasteiger partial charge in [-0.25, -0.2) is 0 Å². The van der Waals surface area contributed by atoms with Crippen molar-refractivity contribution in [2.45, 2.75) is 45.0 Å². The smallest absolute Gasteiger partial charge is 0.406 e. The first-order valence-electron chi connectivity index (χ1n) is 7.78. The van der Waals surface area contributed by atoms with E-state index in [2.05, 4.69) is 15.2 Å². The molecule has 0 saturated heterocycles. The minimum Gasteiger partial charge on any atom is -0.406 e. The molecule has 0 bridgehead atoms. The van der Waals surface area contributed by atoms with Crippen LogP contribution in [0.15, 0.2) is 28.8 Å². The number of carbonyl (C=O) groups is 1. The number of carbonyl (C=O) groups excluding carboxylic acids is 1. The topological polar surface area (TPSA) is 64.4 Å². The van der Waals surface area contributed by atoms with Gasteiger partial charge in [0.1, 0.15) is 11.5 Å². The first-order chi connectivity index (χ1) is 11.7. The largest absolute Gasteiger partial charge is 0.573 e. The monoisotopic (exact) mass is 354 g/mol. The minimum absolute atomic E-state index is 0.113. The summed E-state index contributed by atoms with van der Waals surface area (Å²) in [7, 11) is 0. The molecule has 1 saturated carbocycles. The average molecular weight is 354 g/mol. The van der Waals surface area contributed by atoms with E-state index in [1.165, 1.54) is 18.2 Å². The highest BCUT2D eigenvalue weighted by molar-refractivity contribution is 5.80. The van der Waals surface area contributed by atoms with Crippen molar-refractivity contribution in [3.8, 4) is 5.75 Å². The van der Waals surface area contributed by atoms with Crippen molar-refractivity contribution in [1.29, 1.82) is 0 Å². The van der Waals surface area contributed by atoms with Crippen molar-refractivity contribution in [3.05, 3.63) is 46.8 Å². The lowest BCUT2D eigenvalue weighted by atomic mass is 10.0. The normalized spacial score (nSPS) is 15.7. The molecule has 8 heteroatoms. The zero-order chi connectivity index (χ0) is 18.2. The second-order valence-corrected chi connectivity index (χ2v) is 6.19. The quantitative estimate of drug-likeness (QED) is 0.892. The molecular weight excluding hydrogens is 337 g/mol. The molecule has 0 radical (unpaired) electrons. The fourth-order valence-corrected chi connectivity index (χ4v) is 2.83. The van der Waals surface area contributed by atoms with E-state index in [-0.39, 0.29) is 18.1 Å². The third-order valence-corrected chi connectivity index (χ3v) is 4.27.